The third-order valence-corrected chi connectivity index (χ3v) is 7.30. The van der Waals surface area contributed by atoms with Gasteiger partial charge in [-0.3, -0.25) is 13.9 Å². The molecule has 1 aliphatic heterocycles. The fourth-order valence-corrected chi connectivity index (χ4v) is 5.12. The molecule has 1 aliphatic rings. The molecule has 0 aliphatic carbocycles. The van der Waals surface area contributed by atoms with Crippen molar-refractivity contribution in [2.45, 2.75) is 64.6 Å². The van der Waals surface area contributed by atoms with E-state index in [1.165, 1.54) is 26.1 Å². The predicted molar refractivity (Wildman–Crippen MR) is 139 cm³/mol. The summed E-state index contributed by atoms with van der Waals surface area (Å²) in [5.41, 5.74) is 9.45. The molecule has 1 unspecified atom stereocenters. The van der Waals surface area contributed by atoms with E-state index in [1.807, 2.05) is 20.8 Å². The first kappa shape index (κ1) is 29.8. The summed E-state index contributed by atoms with van der Waals surface area (Å²) in [4.78, 5) is 28.5. The van der Waals surface area contributed by atoms with Gasteiger partial charge in [0.15, 0.2) is 6.23 Å². The Kier molecular flexibility index (Phi) is 9.02. The maximum atomic E-state index is 13.8. The summed E-state index contributed by atoms with van der Waals surface area (Å²) >= 11 is 0. The molecule has 1 aromatic carbocycles. The normalized spacial score (nSPS) is 25.9. The molecule has 14 heteroatoms. The number of carbonyl (C=O) groups is 1. The molecule has 1 aromatic heterocycles. The van der Waals surface area contributed by atoms with Crippen LogP contribution in [0.5, 0.6) is 5.75 Å². The Bertz CT molecular complexity index is 1220. The van der Waals surface area contributed by atoms with Crippen LogP contribution >= 0.6 is 7.75 Å². The van der Waals surface area contributed by atoms with Crippen LogP contribution in [0.2, 0.25) is 0 Å². The monoisotopic (exact) mass is 553 g/mol. The maximum Gasteiger partial charge on any atom is 0.459 e. The number of esters is 1. The van der Waals surface area contributed by atoms with E-state index >= 15 is 0 Å². The Morgan fingerprint density at radius 2 is 1.97 bits per heavy atom. The zero-order valence-corrected chi connectivity index (χ0v) is 23.0. The number of hydrogen-bond acceptors (Lipinski definition) is 11. The van der Waals surface area contributed by atoms with Crippen LogP contribution in [0.1, 0.15) is 40.8 Å². The second kappa shape index (κ2) is 11.5. The standard InChI is InChI=1S/C24H36N5O8P/c1-15(20(31)34-14-23(2,3)4)28-38(33,37-16-9-7-6-8-10-16)35-13-17-19(30)24(5,26)21(36-17)29-12-11-18(25)27-22(29)32/h6-12,15,17,19,21,30H,13-14,26H2,1-5H3,(H,28,33)(H2,25,27,32)/t15-,17+,19+,21+,24+,38?/m0/s1. The topological polar surface area (TPSA) is 190 Å². The Labute approximate surface area is 221 Å². The number of para-hydroxylation sites is 1. The van der Waals surface area contributed by atoms with Crippen molar-refractivity contribution < 1.29 is 33.0 Å². The maximum absolute atomic E-state index is 13.8. The van der Waals surface area contributed by atoms with Crippen molar-refractivity contribution in [3.63, 3.8) is 0 Å². The van der Waals surface area contributed by atoms with Crippen molar-refractivity contribution in [3.05, 3.63) is 53.1 Å². The molecule has 210 valence electrons. The number of anilines is 1. The van der Waals surface area contributed by atoms with Gasteiger partial charge in [0.2, 0.25) is 0 Å². The van der Waals surface area contributed by atoms with Crippen molar-refractivity contribution in [2.24, 2.45) is 11.1 Å². The van der Waals surface area contributed by atoms with Crippen molar-refractivity contribution in [2.75, 3.05) is 18.9 Å². The second-order valence-electron chi connectivity index (χ2n) is 10.6. The van der Waals surface area contributed by atoms with Gasteiger partial charge in [-0.15, -0.1) is 0 Å². The van der Waals surface area contributed by atoms with E-state index in [0.29, 0.717) is 0 Å². The molecule has 0 bridgehead atoms. The third-order valence-electron chi connectivity index (χ3n) is 5.66. The lowest BCUT2D eigenvalue weighted by Gasteiger charge is -2.28. The van der Waals surface area contributed by atoms with Crippen molar-refractivity contribution >= 4 is 19.5 Å². The highest BCUT2D eigenvalue weighted by Crippen LogP contribution is 2.46. The van der Waals surface area contributed by atoms with Crippen molar-refractivity contribution in [3.8, 4) is 5.75 Å². The minimum atomic E-state index is -4.22. The van der Waals surface area contributed by atoms with Gasteiger partial charge in [-0.25, -0.2) is 9.36 Å². The SMILES string of the molecule is C[C@H](NP(=O)(OC[C@H]1O[C@@H](n2ccc(N)nc2=O)[C@](C)(N)[C@@H]1O)Oc1ccccc1)C(=O)OCC(C)(C)C. The predicted octanol–water partition coefficient (Wildman–Crippen LogP) is 1.57. The van der Waals surface area contributed by atoms with Gasteiger partial charge in [-0.05, 0) is 37.5 Å². The highest BCUT2D eigenvalue weighted by Gasteiger charge is 2.52. The lowest BCUT2D eigenvalue weighted by atomic mass is 9.93. The van der Waals surface area contributed by atoms with Crippen LogP contribution in [-0.2, 0) is 23.4 Å². The molecule has 6 N–H and O–H groups in total. The first-order chi connectivity index (χ1) is 17.6. The van der Waals surface area contributed by atoms with Crippen molar-refractivity contribution in [1.82, 2.24) is 14.6 Å². The summed E-state index contributed by atoms with van der Waals surface area (Å²) in [7, 11) is -4.22. The van der Waals surface area contributed by atoms with Crippen LogP contribution in [0.4, 0.5) is 5.82 Å². The van der Waals surface area contributed by atoms with Gasteiger partial charge in [0.1, 0.15) is 29.8 Å². The quantitative estimate of drug-likeness (QED) is 0.246. The molecule has 0 spiro atoms. The van der Waals surface area contributed by atoms with Crippen LogP contribution in [-0.4, -0.2) is 57.6 Å². The van der Waals surface area contributed by atoms with Crippen LogP contribution in [0.3, 0.4) is 0 Å². The molecule has 1 fully saturated rings. The fourth-order valence-electron chi connectivity index (χ4n) is 3.62. The number of nitrogens with one attached hydrogen (secondary N) is 1. The molecule has 6 atom stereocenters. The molecular weight excluding hydrogens is 517 g/mol. The van der Waals surface area contributed by atoms with E-state index in [2.05, 4.69) is 10.1 Å². The highest BCUT2D eigenvalue weighted by atomic mass is 31.2. The Balaban J connectivity index is 1.77. The minimum Gasteiger partial charge on any atom is -0.464 e. The molecule has 0 radical (unpaired) electrons. The van der Waals surface area contributed by atoms with Gasteiger partial charge < -0.3 is 30.6 Å². The molecular formula is C24H36N5O8P. The zero-order chi connectivity index (χ0) is 28.3. The zero-order valence-electron chi connectivity index (χ0n) is 22.1. The number of benzene rings is 1. The number of carbonyl (C=O) groups excluding carboxylic acids is 1. The largest absolute Gasteiger partial charge is 0.464 e. The van der Waals surface area contributed by atoms with Gasteiger partial charge in [0, 0.05) is 6.20 Å². The smallest absolute Gasteiger partial charge is 0.459 e. The lowest BCUT2D eigenvalue weighted by Crippen LogP contribution is -2.53. The molecule has 13 nitrogen and oxygen atoms in total. The number of nitrogen functional groups attached to an aromatic ring is 1. The summed E-state index contributed by atoms with van der Waals surface area (Å²) < 4.78 is 37.3. The molecule has 0 amide bonds. The van der Waals surface area contributed by atoms with Gasteiger partial charge >= 0.3 is 19.4 Å². The molecule has 3 rings (SSSR count). The van der Waals surface area contributed by atoms with E-state index in [-0.39, 0.29) is 23.6 Å². The van der Waals surface area contributed by atoms with Crippen molar-refractivity contribution in [1.29, 1.82) is 0 Å². The number of aliphatic hydroxyl groups is 1. The van der Waals surface area contributed by atoms with Crippen LogP contribution in [0, 0.1) is 5.41 Å². The number of aliphatic hydroxyl groups excluding tert-OH is 1. The van der Waals surface area contributed by atoms with Gasteiger partial charge in [0.25, 0.3) is 0 Å². The summed E-state index contributed by atoms with van der Waals surface area (Å²) in [6.07, 6.45) is -2.22. The highest BCUT2D eigenvalue weighted by molar-refractivity contribution is 7.52. The second-order valence-corrected chi connectivity index (χ2v) is 12.3. The third kappa shape index (κ3) is 7.40. The average molecular weight is 554 g/mol. The Hall–Kier alpha value is -2.80. The minimum absolute atomic E-state index is 0.0172. The molecule has 2 aromatic rings. The van der Waals surface area contributed by atoms with E-state index in [4.69, 9.17) is 30.0 Å². The van der Waals surface area contributed by atoms with Crippen LogP contribution in [0.15, 0.2) is 47.4 Å². The number of ether oxygens (including phenoxy) is 2. The first-order valence-electron chi connectivity index (χ1n) is 12.0. The summed E-state index contributed by atoms with van der Waals surface area (Å²) in [5.74, 6) is -0.418. The van der Waals surface area contributed by atoms with E-state index in [0.717, 1.165) is 4.57 Å². The lowest BCUT2D eigenvalue weighted by molar-refractivity contribution is -0.148. The molecule has 38 heavy (non-hydrogen) atoms. The van der Waals surface area contributed by atoms with Gasteiger partial charge in [-0.1, -0.05) is 39.0 Å². The number of hydrogen-bond donors (Lipinski definition) is 4. The number of rotatable bonds is 10. The molecule has 0 saturated carbocycles. The van der Waals surface area contributed by atoms with Gasteiger partial charge in [-0.2, -0.15) is 10.1 Å². The van der Waals surface area contributed by atoms with E-state index < -0.39 is 56.0 Å². The van der Waals surface area contributed by atoms with Crippen LogP contribution < -0.4 is 26.8 Å². The fraction of sp³-hybridized carbons (Fsp3) is 0.542. The summed E-state index contributed by atoms with van der Waals surface area (Å²) in [6.45, 7) is 8.38. The van der Waals surface area contributed by atoms with Gasteiger partial charge in [0.05, 0.1) is 18.8 Å². The Morgan fingerprint density at radius 3 is 2.58 bits per heavy atom. The molecule has 1 saturated heterocycles. The summed E-state index contributed by atoms with van der Waals surface area (Å²) in [6, 6.07) is 8.55. The number of nitrogens with two attached hydrogens (primary N) is 2. The first-order valence-corrected chi connectivity index (χ1v) is 13.6. The van der Waals surface area contributed by atoms with E-state index in [9.17, 15) is 19.3 Å². The van der Waals surface area contributed by atoms with E-state index in [1.54, 1.807) is 30.3 Å². The summed E-state index contributed by atoms with van der Waals surface area (Å²) in [5, 5.41) is 13.5. The Morgan fingerprint density at radius 1 is 1.32 bits per heavy atom. The molecule has 2 heterocycles. The average Bonchev–Trinajstić information content (AvgIpc) is 3.04. The number of nitrogens with zero attached hydrogens (tertiary/aromatic N) is 2. The number of aromatic nitrogens is 2. The van der Waals surface area contributed by atoms with Crippen LogP contribution in [0.25, 0.3) is 0 Å².